The van der Waals surface area contributed by atoms with E-state index in [0.717, 1.165) is 27.9 Å². The number of hydrogen-bond acceptors (Lipinski definition) is 3. The molecule has 0 bridgehead atoms. The van der Waals surface area contributed by atoms with Crippen LogP contribution in [0.1, 0.15) is 13.8 Å². The second-order valence-corrected chi connectivity index (χ2v) is 7.97. The Balaban J connectivity index is 1.60. The maximum atomic E-state index is 12.6. The Hall–Kier alpha value is -2.99. The lowest BCUT2D eigenvalue weighted by atomic mass is 10.1. The third-order valence-electron chi connectivity index (χ3n) is 4.81. The molecule has 0 aliphatic rings. The van der Waals surface area contributed by atoms with E-state index < -0.39 is 5.25 Å². The third kappa shape index (κ3) is 3.31. The van der Waals surface area contributed by atoms with Crippen molar-refractivity contribution < 1.29 is 9.52 Å². The second-order valence-electron chi connectivity index (χ2n) is 6.61. The van der Waals surface area contributed by atoms with E-state index in [-0.39, 0.29) is 5.91 Å². The van der Waals surface area contributed by atoms with Crippen LogP contribution < -0.4 is 10.0 Å². The first-order valence-electron chi connectivity index (χ1n) is 9.25. The highest BCUT2D eigenvalue weighted by Crippen LogP contribution is 2.31. The van der Waals surface area contributed by atoms with Crippen LogP contribution in [0.4, 0.5) is 5.69 Å². The predicted molar refractivity (Wildman–Crippen MR) is 114 cm³/mol. The molecule has 1 N–H and O–H groups in total. The summed E-state index contributed by atoms with van der Waals surface area (Å²) in [6.07, 6.45) is 1.43. The van der Waals surface area contributed by atoms with Crippen LogP contribution in [0.5, 0.6) is 0 Å². The predicted octanol–water partition coefficient (Wildman–Crippen LogP) is 4.57. The largest absolute Gasteiger partial charge is 0.618 e. The molecule has 2 heterocycles. The van der Waals surface area contributed by atoms with Crippen LogP contribution >= 0.6 is 11.8 Å². The Labute approximate surface area is 167 Å². The number of carbonyl (C=O) groups is 1. The van der Waals surface area contributed by atoms with Crippen LogP contribution in [0.15, 0.2) is 71.9 Å². The van der Waals surface area contributed by atoms with E-state index >= 15 is 0 Å². The molecule has 2 aromatic heterocycles. The first kappa shape index (κ1) is 18.4. The monoisotopic (exact) mass is 391 g/mol. The lowest BCUT2D eigenvalue weighted by Gasteiger charge is -2.12. The number of carbonyl (C=O) groups excluding carboxylic acids is 1. The minimum absolute atomic E-state index is 0.132. The van der Waals surface area contributed by atoms with Crippen molar-refractivity contribution in [3.8, 4) is 0 Å². The highest BCUT2D eigenvalue weighted by atomic mass is 32.2. The average molecular weight is 391 g/mol. The number of aromatic nitrogens is 2. The van der Waals surface area contributed by atoms with Crippen LogP contribution in [0.2, 0.25) is 0 Å². The van der Waals surface area contributed by atoms with Gasteiger partial charge in [0.15, 0.2) is 6.20 Å². The maximum Gasteiger partial charge on any atom is 0.252 e. The summed E-state index contributed by atoms with van der Waals surface area (Å²) < 4.78 is 3.05. The number of hydrogen-bond donors (Lipinski definition) is 1. The molecule has 0 fully saturated rings. The summed E-state index contributed by atoms with van der Waals surface area (Å²) in [5, 5.41) is 17.2. The molecule has 0 aliphatic heterocycles. The van der Waals surface area contributed by atoms with Crippen molar-refractivity contribution in [3.05, 3.63) is 72.1 Å². The zero-order chi connectivity index (χ0) is 19.7. The Bertz CT molecular complexity index is 1170. The number of nitrogens with one attached hydrogen (secondary N) is 1. The van der Waals surface area contributed by atoms with Crippen molar-refractivity contribution in [2.45, 2.75) is 30.7 Å². The lowest BCUT2D eigenvalue weighted by Crippen LogP contribution is -2.30. The van der Waals surface area contributed by atoms with Gasteiger partial charge in [-0.15, -0.1) is 0 Å². The van der Waals surface area contributed by atoms with E-state index in [9.17, 15) is 10.0 Å². The first-order chi connectivity index (χ1) is 13.6. The zero-order valence-corrected chi connectivity index (χ0v) is 16.6. The van der Waals surface area contributed by atoms with Gasteiger partial charge in [0.1, 0.15) is 0 Å². The van der Waals surface area contributed by atoms with Gasteiger partial charge in [-0.05, 0) is 55.9 Å². The second kappa shape index (κ2) is 7.56. The van der Waals surface area contributed by atoms with Gasteiger partial charge < -0.3 is 15.1 Å². The van der Waals surface area contributed by atoms with Gasteiger partial charge in [-0.2, -0.15) is 4.73 Å². The van der Waals surface area contributed by atoms with E-state index in [4.69, 9.17) is 0 Å². The summed E-state index contributed by atoms with van der Waals surface area (Å²) >= 11 is 1.25. The van der Waals surface area contributed by atoms with Crippen molar-refractivity contribution in [2.75, 3.05) is 5.32 Å². The minimum atomic E-state index is -0.393. The molecule has 28 heavy (non-hydrogen) atoms. The molecule has 0 unspecified atom stereocenters. The summed E-state index contributed by atoms with van der Waals surface area (Å²) in [7, 11) is 0. The summed E-state index contributed by atoms with van der Waals surface area (Å²) in [4.78, 5) is 12.6. The number of rotatable bonds is 5. The molecule has 1 amide bonds. The molecule has 2 aromatic carbocycles. The molecule has 6 heteroatoms. The molecule has 0 spiro atoms. The quantitative estimate of drug-likeness (QED) is 0.308. The SMILES string of the molecule is CCn1c2ccccc2c2cc(NC(=O)[C@H](C)Sc3cccc[n+]3[O-])ccc21. The van der Waals surface area contributed by atoms with Crippen LogP contribution in [0.3, 0.4) is 0 Å². The minimum Gasteiger partial charge on any atom is -0.618 e. The number of benzene rings is 2. The molecule has 0 saturated heterocycles. The molecule has 0 saturated carbocycles. The highest BCUT2D eigenvalue weighted by Gasteiger charge is 2.19. The summed E-state index contributed by atoms with van der Waals surface area (Å²) in [6.45, 7) is 4.82. The molecule has 4 aromatic rings. The number of pyridine rings is 1. The Morgan fingerprint density at radius 3 is 2.64 bits per heavy atom. The number of para-hydroxylation sites is 1. The lowest BCUT2D eigenvalue weighted by molar-refractivity contribution is -0.645. The summed E-state index contributed by atoms with van der Waals surface area (Å²) in [5.41, 5.74) is 3.10. The van der Waals surface area contributed by atoms with Crippen LogP contribution in [-0.2, 0) is 11.3 Å². The molecule has 5 nitrogen and oxygen atoms in total. The van der Waals surface area contributed by atoms with Gasteiger partial charge >= 0.3 is 0 Å². The van der Waals surface area contributed by atoms with Gasteiger partial charge in [0.2, 0.25) is 5.91 Å². The van der Waals surface area contributed by atoms with E-state index in [0.29, 0.717) is 5.03 Å². The number of anilines is 1. The van der Waals surface area contributed by atoms with Crippen molar-refractivity contribution in [3.63, 3.8) is 0 Å². The van der Waals surface area contributed by atoms with Crippen LogP contribution in [0.25, 0.3) is 21.8 Å². The van der Waals surface area contributed by atoms with Crippen molar-refractivity contribution >= 4 is 45.2 Å². The third-order valence-corrected chi connectivity index (χ3v) is 5.94. The average Bonchev–Trinajstić information content (AvgIpc) is 3.02. The van der Waals surface area contributed by atoms with E-state index in [1.165, 1.54) is 28.9 Å². The van der Waals surface area contributed by atoms with Gasteiger partial charge in [-0.3, -0.25) is 4.79 Å². The number of thioether (sulfide) groups is 1. The first-order valence-corrected chi connectivity index (χ1v) is 10.1. The van der Waals surface area contributed by atoms with Gasteiger partial charge in [0.05, 0.1) is 5.25 Å². The van der Waals surface area contributed by atoms with E-state index in [1.54, 1.807) is 25.1 Å². The van der Waals surface area contributed by atoms with Crippen LogP contribution in [-0.4, -0.2) is 15.7 Å². The normalized spacial score (nSPS) is 12.4. The molecule has 0 radical (unpaired) electrons. The Morgan fingerprint density at radius 1 is 1.11 bits per heavy atom. The van der Waals surface area contributed by atoms with Crippen molar-refractivity contribution in [1.82, 2.24) is 4.57 Å². The molecule has 1 atom stereocenters. The van der Waals surface area contributed by atoms with Gasteiger partial charge in [-0.1, -0.05) is 18.2 Å². The fourth-order valence-electron chi connectivity index (χ4n) is 3.45. The number of fused-ring (bicyclic) bond motifs is 3. The van der Waals surface area contributed by atoms with Gasteiger partial charge in [-0.25, -0.2) is 0 Å². The summed E-state index contributed by atoms with van der Waals surface area (Å²) in [6, 6.07) is 19.5. The molecular weight excluding hydrogens is 370 g/mol. The Kier molecular flexibility index (Phi) is 4.96. The molecule has 142 valence electrons. The Morgan fingerprint density at radius 2 is 1.86 bits per heavy atom. The summed E-state index contributed by atoms with van der Waals surface area (Å²) in [5.74, 6) is -0.132. The maximum absolute atomic E-state index is 12.6. The zero-order valence-electron chi connectivity index (χ0n) is 15.8. The molecule has 0 aliphatic carbocycles. The topological polar surface area (TPSA) is 61.0 Å². The number of nitrogens with zero attached hydrogens (tertiary/aromatic N) is 2. The fourth-order valence-corrected chi connectivity index (χ4v) is 4.30. The van der Waals surface area contributed by atoms with E-state index in [2.05, 4.69) is 35.0 Å². The fraction of sp³-hybridized carbons (Fsp3) is 0.182. The number of aryl methyl sites for hydroxylation is 1. The van der Waals surface area contributed by atoms with Crippen molar-refractivity contribution in [1.29, 1.82) is 0 Å². The van der Waals surface area contributed by atoms with E-state index in [1.807, 2.05) is 24.3 Å². The van der Waals surface area contributed by atoms with Crippen LogP contribution in [0, 0.1) is 5.21 Å². The number of amides is 1. The highest BCUT2D eigenvalue weighted by molar-refractivity contribution is 8.00. The standard InChI is InChI=1S/C22H21N3O2S/c1-3-24-19-9-5-4-8-17(19)18-14-16(11-12-20(18)24)23-22(26)15(2)28-21-10-6-7-13-25(21)27/h4-15H,3H2,1-2H3,(H,23,26)/t15-/m0/s1. The van der Waals surface area contributed by atoms with Gasteiger partial charge in [0, 0.05) is 46.2 Å². The molecule has 4 rings (SSSR count). The smallest absolute Gasteiger partial charge is 0.252 e. The molecular formula is C22H21N3O2S. The van der Waals surface area contributed by atoms with Crippen molar-refractivity contribution in [2.24, 2.45) is 0 Å². The van der Waals surface area contributed by atoms with Gasteiger partial charge in [0.25, 0.3) is 5.03 Å².